The molecule has 0 saturated carbocycles. The molecular formula is C19H22N4O2. The second kappa shape index (κ2) is 8.37. The molecule has 2 aromatic rings. The van der Waals surface area contributed by atoms with Gasteiger partial charge in [0.05, 0.1) is 5.92 Å². The highest BCUT2D eigenvalue weighted by atomic mass is 16.2. The largest absolute Gasteiger partial charge is 0.342 e. The minimum absolute atomic E-state index is 0.0645. The Kier molecular flexibility index (Phi) is 5.72. The Morgan fingerprint density at radius 1 is 1.16 bits per heavy atom. The van der Waals surface area contributed by atoms with Crippen LogP contribution in [0.1, 0.15) is 24.8 Å². The summed E-state index contributed by atoms with van der Waals surface area (Å²) >= 11 is 0. The van der Waals surface area contributed by atoms with Gasteiger partial charge in [-0.05, 0) is 49.1 Å². The summed E-state index contributed by atoms with van der Waals surface area (Å²) in [5.41, 5.74) is 1.10. The highest BCUT2D eigenvalue weighted by Gasteiger charge is 2.28. The van der Waals surface area contributed by atoms with Gasteiger partial charge < -0.3 is 10.2 Å². The standard InChI is InChI=1S/C19H22N4O2/c24-18(7-6-15-8-11-20-12-9-15)23-13-3-4-16(14-23)19(25)22-17-5-1-2-10-21-17/h1-2,5,8-12,16H,3-4,6-7,13-14H2,(H,21,22,25)/t16-/m0/s1. The van der Waals surface area contributed by atoms with Crippen LogP contribution in [0.5, 0.6) is 0 Å². The number of carbonyl (C=O) groups is 2. The molecule has 0 spiro atoms. The molecule has 1 N–H and O–H groups in total. The van der Waals surface area contributed by atoms with E-state index in [1.807, 2.05) is 23.1 Å². The third-order valence-corrected chi connectivity index (χ3v) is 4.44. The van der Waals surface area contributed by atoms with Gasteiger partial charge in [0.15, 0.2) is 0 Å². The molecule has 1 aliphatic rings. The second-order valence-electron chi connectivity index (χ2n) is 6.24. The quantitative estimate of drug-likeness (QED) is 0.907. The zero-order chi connectivity index (χ0) is 17.5. The molecule has 3 heterocycles. The molecule has 6 heteroatoms. The first kappa shape index (κ1) is 17.1. The molecule has 1 saturated heterocycles. The van der Waals surface area contributed by atoms with Gasteiger partial charge in [0, 0.05) is 38.1 Å². The van der Waals surface area contributed by atoms with Crippen LogP contribution < -0.4 is 5.32 Å². The second-order valence-corrected chi connectivity index (χ2v) is 6.24. The van der Waals surface area contributed by atoms with Crippen molar-refractivity contribution in [2.45, 2.75) is 25.7 Å². The van der Waals surface area contributed by atoms with Crippen LogP contribution in [0.25, 0.3) is 0 Å². The van der Waals surface area contributed by atoms with Crippen LogP contribution in [0.15, 0.2) is 48.9 Å². The van der Waals surface area contributed by atoms with Crippen molar-refractivity contribution in [1.82, 2.24) is 14.9 Å². The first-order valence-electron chi connectivity index (χ1n) is 8.61. The summed E-state index contributed by atoms with van der Waals surface area (Å²) < 4.78 is 0. The summed E-state index contributed by atoms with van der Waals surface area (Å²) in [6, 6.07) is 9.25. The lowest BCUT2D eigenvalue weighted by atomic mass is 9.96. The van der Waals surface area contributed by atoms with E-state index in [-0.39, 0.29) is 17.7 Å². The Bertz CT molecular complexity index is 706. The van der Waals surface area contributed by atoms with Crippen LogP contribution in [0.3, 0.4) is 0 Å². The molecule has 1 atom stereocenters. The zero-order valence-electron chi connectivity index (χ0n) is 14.1. The van der Waals surface area contributed by atoms with Gasteiger partial charge in [-0.15, -0.1) is 0 Å². The lowest BCUT2D eigenvalue weighted by molar-refractivity contribution is -0.134. The lowest BCUT2D eigenvalue weighted by Crippen LogP contribution is -2.43. The van der Waals surface area contributed by atoms with E-state index in [1.165, 1.54) is 0 Å². The van der Waals surface area contributed by atoms with Crippen molar-refractivity contribution in [1.29, 1.82) is 0 Å². The fraction of sp³-hybridized carbons (Fsp3) is 0.368. The highest BCUT2D eigenvalue weighted by Crippen LogP contribution is 2.19. The molecule has 1 fully saturated rings. The lowest BCUT2D eigenvalue weighted by Gasteiger charge is -2.32. The molecule has 0 radical (unpaired) electrons. The van der Waals surface area contributed by atoms with Crippen LogP contribution in [-0.4, -0.2) is 39.8 Å². The average molecular weight is 338 g/mol. The Morgan fingerprint density at radius 3 is 2.76 bits per heavy atom. The number of aryl methyl sites for hydroxylation is 1. The van der Waals surface area contributed by atoms with Crippen molar-refractivity contribution >= 4 is 17.6 Å². The summed E-state index contributed by atoms with van der Waals surface area (Å²) in [6.07, 6.45) is 7.91. The molecule has 0 bridgehead atoms. The third kappa shape index (κ3) is 4.86. The minimum atomic E-state index is -0.180. The molecule has 3 rings (SSSR count). The number of hydrogen-bond acceptors (Lipinski definition) is 4. The number of piperidine rings is 1. The number of pyridine rings is 2. The SMILES string of the molecule is O=C(Nc1ccccn1)[C@H]1CCCN(C(=O)CCc2ccncc2)C1. The number of nitrogens with zero attached hydrogens (tertiary/aromatic N) is 3. The molecule has 25 heavy (non-hydrogen) atoms. The van der Waals surface area contributed by atoms with E-state index in [0.29, 0.717) is 25.2 Å². The Hall–Kier alpha value is -2.76. The molecule has 6 nitrogen and oxygen atoms in total. The average Bonchev–Trinajstić information content (AvgIpc) is 2.68. The van der Waals surface area contributed by atoms with Gasteiger partial charge >= 0.3 is 0 Å². The van der Waals surface area contributed by atoms with E-state index in [1.54, 1.807) is 30.7 Å². The number of amides is 2. The van der Waals surface area contributed by atoms with Crippen molar-refractivity contribution in [2.75, 3.05) is 18.4 Å². The highest BCUT2D eigenvalue weighted by molar-refractivity contribution is 5.92. The monoisotopic (exact) mass is 338 g/mol. The third-order valence-electron chi connectivity index (χ3n) is 4.44. The predicted molar refractivity (Wildman–Crippen MR) is 94.7 cm³/mol. The fourth-order valence-corrected chi connectivity index (χ4v) is 3.04. The number of likely N-dealkylation sites (tertiary alicyclic amines) is 1. The zero-order valence-corrected chi connectivity index (χ0v) is 14.1. The number of nitrogens with one attached hydrogen (secondary N) is 1. The Morgan fingerprint density at radius 2 is 2.00 bits per heavy atom. The summed E-state index contributed by atoms with van der Waals surface area (Å²) in [4.78, 5) is 34.8. The van der Waals surface area contributed by atoms with Gasteiger partial charge in [0.2, 0.25) is 11.8 Å². The maximum atomic E-state index is 12.5. The van der Waals surface area contributed by atoms with Crippen molar-refractivity contribution in [2.24, 2.45) is 5.92 Å². The first-order valence-corrected chi connectivity index (χ1v) is 8.61. The number of carbonyl (C=O) groups excluding carboxylic acids is 2. The van der Waals surface area contributed by atoms with Crippen molar-refractivity contribution in [3.63, 3.8) is 0 Å². The molecule has 2 aromatic heterocycles. The minimum Gasteiger partial charge on any atom is -0.342 e. The van der Waals surface area contributed by atoms with Gasteiger partial charge in [0.1, 0.15) is 5.82 Å². The molecule has 0 aromatic carbocycles. The van der Waals surface area contributed by atoms with Crippen LogP contribution in [0.4, 0.5) is 5.82 Å². The predicted octanol–water partition coefficient (Wildman–Crippen LogP) is 2.29. The van der Waals surface area contributed by atoms with E-state index in [0.717, 1.165) is 24.9 Å². The van der Waals surface area contributed by atoms with E-state index < -0.39 is 0 Å². The van der Waals surface area contributed by atoms with Crippen LogP contribution in [0.2, 0.25) is 0 Å². The molecule has 2 amide bonds. The van der Waals surface area contributed by atoms with Gasteiger partial charge in [-0.25, -0.2) is 4.98 Å². The Labute approximate surface area is 147 Å². The summed E-state index contributed by atoms with van der Waals surface area (Å²) in [6.45, 7) is 1.20. The van der Waals surface area contributed by atoms with Crippen molar-refractivity contribution < 1.29 is 9.59 Å². The van der Waals surface area contributed by atoms with E-state index in [9.17, 15) is 9.59 Å². The van der Waals surface area contributed by atoms with Gasteiger partial charge in [-0.1, -0.05) is 6.07 Å². The van der Waals surface area contributed by atoms with Crippen molar-refractivity contribution in [3.8, 4) is 0 Å². The summed E-state index contributed by atoms with van der Waals surface area (Å²) in [5, 5.41) is 2.83. The van der Waals surface area contributed by atoms with E-state index in [2.05, 4.69) is 15.3 Å². The van der Waals surface area contributed by atoms with Gasteiger partial charge in [-0.3, -0.25) is 14.6 Å². The van der Waals surface area contributed by atoms with E-state index >= 15 is 0 Å². The van der Waals surface area contributed by atoms with Crippen LogP contribution in [0, 0.1) is 5.92 Å². The van der Waals surface area contributed by atoms with E-state index in [4.69, 9.17) is 0 Å². The van der Waals surface area contributed by atoms with Gasteiger partial charge in [0.25, 0.3) is 0 Å². The van der Waals surface area contributed by atoms with Crippen LogP contribution >= 0.6 is 0 Å². The summed E-state index contributed by atoms with van der Waals surface area (Å²) in [5.74, 6) is 0.409. The fourth-order valence-electron chi connectivity index (χ4n) is 3.04. The van der Waals surface area contributed by atoms with Gasteiger partial charge in [-0.2, -0.15) is 0 Å². The van der Waals surface area contributed by atoms with Crippen molar-refractivity contribution in [3.05, 3.63) is 54.5 Å². The number of hydrogen-bond donors (Lipinski definition) is 1. The summed E-state index contributed by atoms with van der Waals surface area (Å²) in [7, 11) is 0. The maximum Gasteiger partial charge on any atom is 0.230 e. The van der Waals surface area contributed by atoms with Crippen LogP contribution in [-0.2, 0) is 16.0 Å². The number of rotatable bonds is 5. The smallest absolute Gasteiger partial charge is 0.230 e. The first-order chi connectivity index (χ1) is 12.2. The topological polar surface area (TPSA) is 75.2 Å². The number of aromatic nitrogens is 2. The maximum absolute atomic E-state index is 12.5. The number of anilines is 1. The molecule has 1 aliphatic heterocycles. The molecule has 130 valence electrons. The molecule has 0 aliphatic carbocycles. The molecule has 0 unspecified atom stereocenters. The molecular weight excluding hydrogens is 316 g/mol. The Balaban J connectivity index is 1.51. The normalized spacial score (nSPS) is 17.1.